The highest BCUT2D eigenvalue weighted by molar-refractivity contribution is 7.89. The average molecular weight is 504 g/mol. The van der Waals surface area contributed by atoms with E-state index >= 15 is 0 Å². The van der Waals surface area contributed by atoms with E-state index in [4.69, 9.17) is 11.6 Å². The van der Waals surface area contributed by atoms with Gasteiger partial charge in [0, 0.05) is 67.1 Å². The van der Waals surface area contributed by atoms with Crippen molar-refractivity contribution < 1.29 is 8.42 Å². The third-order valence-electron chi connectivity index (χ3n) is 6.39. The number of aromatic nitrogens is 1. The smallest absolute Gasteiger partial charge is 0.240 e. The van der Waals surface area contributed by atoms with Gasteiger partial charge in [-0.15, -0.1) is 0 Å². The first-order chi connectivity index (χ1) is 16.4. The number of aromatic amines is 1. The van der Waals surface area contributed by atoms with E-state index in [1.165, 1.54) is 0 Å². The molecule has 0 spiro atoms. The standard InChI is InChI=1S/C25H34ClN5O2S/c1-30-14-16-31(17-15-30)13-3-11-27-22-6-8-23(9-7-22)34(32,33)29-12-2-4-20-19-28-25-10-5-21(26)18-24(20)25/h5-10,18-19,27-29H,2-4,11-17H2,1H3. The maximum Gasteiger partial charge on any atom is 0.240 e. The van der Waals surface area contributed by atoms with Crippen LogP contribution in [0, 0.1) is 0 Å². The van der Waals surface area contributed by atoms with Crippen molar-refractivity contribution in [2.75, 3.05) is 58.2 Å². The molecule has 0 saturated carbocycles. The van der Waals surface area contributed by atoms with Crippen molar-refractivity contribution in [3.05, 3.63) is 59.2 Å². The number of hydrogen-bond acceptors (Lipinski definition) is 5. The fourth-order valence-electron chi connectivity index (χ4n) is 4.28. The summed E-state index contributed by atoms with van der Waals surface area (Å²) in [4.78, 5) is 8.38. The SMILES string of the molecule is CN1CCN(CCCNc2ccc(S(=O)(=O)NCCCc3c[nH]c4ccc(Cl)cc34)cc2)CC1. The number of sulfonamides is 1. The highest BCUT2D eigenvalue weighted by atomic mass is 35.5. The van der Waals surface area contributed by atoms with Crippen LogP contribution in [-0.2, 0) is 16.4 Å². The van der Waals surface area contributed by atoms with Crippen LogP contribution in [0.5, 0.6) is 0 Å². The summed E-state index contributed by atoms with van der Waals surface area (Å²) in [7, 11) is -1.36. The monoisotopic (exact) mass is 503 g/mol. The maximum absolute atomic E-state index is 12.7. The molecule has 34 heavy (non-hydrogen) atoms. The summed E-state index contributed by atoms with van der Waals surface area (Å²) in [5, 5.41) is 5.17. The van der Waals surface area contributed by atoms with Crippen LogP contribution < -0.4 is 10.0 Å². The van der Waals surface area contributed by atoms with Crippen molar-refractivity contribution in [1.29, 1.82) is 0 Å². The van der Waals surface area contributed by atoms with Crippen molar-refractivity contribution in [2.24, 2.45) is 0 Å². The molecule has 0 bridgehead atoms. The summed E-state index contributed by atoms with van der Waals surface area (Å²) in [5.41, 5.74) is 3.11. The molecule has 0 amide bonds. The molecule has 2 heterocycles. The number of anilines is 1. The Morgan fingerprint density at radius 3 is 2.53 bits per heavy atom. The molecule has 4 rings (SSSR count). The number of aryl methyl sites for hydroxylation is 1. The van der Waals surface area contributed by atoms with Gasteiger partial charge < -0.3 is 20.1 Å². The van der Waals surface area contributed by atoms with E-state index in [0.29, 0.717) is 18.0 Å². The number of benzene rings is 2. The fourth-order valence-corrected chi connectivity index (χ4v) is 5.53. The molecule has 3 N–H and O–H groups in total. The molecule has 7 nitrogen and oxygen atoms in total. The summed E-state index contributed by atoms with van der Waals surface area (Å²) in [5.74, 6) is 0. The zero-order chi connectivity index (χ0) is 24.0. The Kier molecular flexibility index (Phi) is 8.50. The molecule has 3 aromatic rings. The van der Waals surface area contributed by atoms with Gasteiger partial charge in [0.2, 0.25) is 10.0 Å². The maximum atomic E-state index is 12.7. The Labute approximate surface area is 207 Å². The molecular weight excluding hydrogens is 470 g/mol. The molecule has 1 fully saturated rings. The summed E-state index contributed by atoms with van der Waals surface area (Å²) in [6.45, 7) is 6.86. The molecule has 0 radical (unpaired) electrons. The van der Waals surface area contributed by atoms with Crippen molar-refractivity contribution in [1.82, 2.24) is 19.5 Å². The van der Waals surface area contributed by atoms with Gasteiger partial charge in [0.15, 0.2) is 0 Å². The molecule has 1 saturated heterocycles. The topological polar surface area (TPSA) is 80.5 Å². The minimum Gasteiger partial charge on any atom is -0.385 e. The number of hydrogen-bond donors (Lipinski definition) is 3. The lowest BCUT2D eigenvalue weighted by Gasteiger charge is -2.32. The zero-order valence-corrected chi connectivity index (χ0v) is 21.3. The third kappa shape index (κ3) is 6.73. The van der Waals surface area contributed by atoms with E-state index in [2.05, 4.69) is 31.9 Å². The predicted molar refractivity (Wildman–Crippen MR) is 140 cm³/mol. The number of H-pyrrole nitrogens is 1. The van der Waals surface area contributed by atoms with Crippen LogP contribution in [0.4, 0.5) is 5.69 Å². The fraction of sp³-hybridized carbons (Fsp3) is 0.440. The van der Waals surface area contributed by atoms with E-state index in [-0.39, 0.29) is 4.90 Å². The minimum absolute atomic E-state index is 0.286. The molecule has 184 valence electrons. The first-order valence-electron chi connectivity index (χ1n) is 11.9. The Bertz CT molecular complexity index is 1170. The number of nitrogens with zero attached hydrogens (tertiary/aromatic N) is 2. The number of rotatable bonds is 11. The van der Waals surface area contributed by atoms with E-state index in [1.54, 1.807) is 12.1 Å². The predicted octanol–water partition coefficient (Wildman–Crippen LogP) is 3.78. The van der Waals surface area contributed by atoms with Gasteiger partial charge in [-0.25, -0.2) is 13.1 Å². The Morgan fingerprint density at radius 2 is 1.76 bits per heavy atom. The quantitative estimate of drug-likeness (QED) is 0.347. The normalized spacial score (nSPS) is 15.7. The summed E-state index contributed by atoms with van der Waals surface area (Å²) in [6.07, 6.45) is 4.49. The first-order valence-corrected chi connectivity index (χ1v) is 13.8. The van der Waals surface area contributed by atoms with Crippen molar-refractivity contribution in [3.8, 4) is 0 Å². The number of halogens is 1. The average Bonchev–Trinajstić information content (AvgIpc) is 3.23. The van der Waals surface area contributed by atoms with Gasteiger partial charge in [0.05, 0.1) is 4.90 Å². The lowest BCUT2D eigenvalue weighted by molar-refractivity contribution is 0.154. The van der Waals surface area contributed by atoms with Crippen LogP contribution in [0.25, 0.3) is 10.9 Å². The van der Waals surface area contributed by atoms with Crippen LogP contribution in [0.1, 0.15) is 18.4 Å². The van der Waals surface area contributed by atoms with Crippen molar-refractivity contribution in [3.63, 3.8) is 0 Å². The number of piperazine rings is 1. The summed E-state index contributed by atoms with van der Waals surface area (Å²) < 4.78 is 28.0. The molecular formula is C25H34ClN5O2S. The molecule has 1 aliphatic rings. The second kappa shape index (κ2) is 11.6. The van der Waals surface area contributed by atoms with E-state index in [9.17, 15) is 8.42 Å². The minimum atomic E-state index is -3.53. The molecule has 9 heteroatoms. The van der Waals surface area contributed by atoms with Crippen LogP contribution in [0.2, 0.25) is 5.02 Å². The van der Waals surface area contributed by atoms with Gasteiger partial charge in [-0.3, -0.25) is 0 Å². The van der Waals surface area contributed by atoms with E-state index in [0.717, 1.165) is 74.3 Å². The van der Waals surface area contributed by atoms with Gasteiger partial charge in [0.25, 0.3) is 0 Å². The van der Waals surface area contributed by atoms with Crippen LogP contribution in [0.3, 0.4) is 0 Å². The molecule has 0 atom stereocenters. The zero-order valence-electron chi connectivity index (χ0n) is 19.7. The molecule has 1 aliphatic heterocycles. The highest BCUT2D eigenvalue weighted by Crippen LogP contribution is 2.23. The van der Waals surface area contributed by atoms with Crippen molar-refractivity contribution >= 4 is 38.2 Å². The number of likely N-dealkylation sites (N-methyl/N-ethyl adjacent to an activating group) is 1. The van der Waals surface area contributed by atoms with Gasteiger partial charge in [-0.05, 0) is 80.9 Å². The van der Waals surface area contributed by atoms with Gasteiger partial charge in [0.1, 0.15) is 0 Å². The largest absolute Gasteiger partial charge is 0.385 e. The van der Waals surface area contributed by atoms with Gasteiger partial charge in [-0.2, -0.15) is 0 Å². The summed E-state index contributed by atoms with van der Waals surface area (Å²) >= 11 is 6.11. The van der Waals surface area contributed by atoms with Crippen LogP contribution in [-0.4, -0.2) is 76.1 Å². The number of nitrogens with one attached hydrogen (secondary N) is 3. The van der Waals surface area contributed by atoms with Crippen LogP contribution in [0.15, 0.2) is 53.6 Å². The second-order valence-corrected chi connectivity index (χ2v) is 11.2. The molecule has 0 unspecified atom stereocenters. The highest BCUT2D eigenvalue weighted by Gasteiger charge is 2.14. The van der Waals surface area contributed by atoms with Crippen LogP contribution >= 0.6 is 11.6 Å². The summed E-state index contributed by atoms with van der Waals surface area (Å²) in [6, 6.07) is 12.7. The van der Waals surface area contributed by atoms with Gasteiger partial charge >= 0.3 is 0 Å². The Balaban J connectivity index is 1.19. The lowest BCUT2D eigenvalue weighted by atomic mass is 10.1. The third-order valence-corrected chi connectivity index (χ3v) is 8.10. The number of fused-ring (bicyclic) bond motifs is 1. The van der Waals surface area contributed by atoms with Gasteiger partial charge in [-0.1, -0.05) is 11.6 Å². The molecule has 1 aromatic heterocycles. The van der Waals surface area contributed by atoms with E-state index < -0.39 is 10.0 Å². The first kappa shape index (κ1) is 25.0. The second-order valence-electron chi connectivity index (χ2n) is 8.95. The Morgan fingerprint density at radius 1 is 1.00 bits per heavy atom. The molecule has 0 aliphatic carbocycles. The molecule has 2 aromatic carbocycles. The lowest BCUT2D eigenvalue weighted by Crippen LogP contribution is -2.44. The van der Waals surface area contributed by atoms with E-state index in [1.807, 2.05) is 36.5 Å². The Hall–Kier alpha value is -2.10. The van der Waals surface area contributed by atoms with Crippen molar-refractivity contribution in [2.45, 2.75) is 24.2 Å².